The largest absolute Gasteiger partial charge is 0.464 e. The Hall–Kier alpha value is -1.80. The third-order valence-electron chi connectivity index (χ3n) is 2.07. The predicted molar refractivity (Wildman–Crippen MR) is 59.4 cm³/mol. The van der Waals surface area contributed by atoms with E-state index in [1.165, 1.54) is 0 Å². The fourth-order valence-corrected chi connectivity index (χ4v) is 1.76. The Labute approximate surface area is 92.5 Å². The van der Waals surface area contributed by atoms with Crippen molar-refractivity contribution in [2.24, 2.45) is 5.73 Å². The van der Waals surface area contributed by atoms with E-state index in [2.05, 4.69) is 24.0 Å². The number of nitriles is 1. The number of dihydropyridines is 1. The van der Waals surface area contributed by atoms with Gasteiger partial charge in [0.15, 0.2) is 0 Å². The molecule has 3 N–H and O–H groups in total. The van der Waals surface area contributed by atoms with Gasteiger partial charge in [-0.15, -0.1) is 12.6 Å². The fourth-order valence-electron chi connectivity index (χ4n) is 1.41. The van der Waals surface area contributed by atoms with Crippen molar-refractivity contribution in [3.8, 4) is 6.07 Å². The smallest absolute Gasteiger partial charge is 0.135 e. The monoisotopic (exact) mass is 219 g/mol. The highest BCUT2D eigenvalue weighted by Gasteiger charge is 2.21. The van der Waals surface area contributed by atoms with Crippen LogP contribution in [0.1, 0.15) is 5.76 Å². The average molecular weight is 219 g/mol. The molecule has 1 unspecified atom stereocenters. The van der Waals surface area contributed by atoms with E-state index in [4.69, 9.17) is 15.4 Å². The fraction of sp³-hybridized carbons (Fsp3) is 0.100. The van der Waals surface area contributed by atoms with E-state index >= 15 is 0 Å². The van der Waals surface area contributed by atoms with Crippen LogP contribution >= 0.6 is 12.6 Å². The second kappa shape index (κ2) is 3.75. The Morgan fingerprint density at radius 1 is 1.60 bits per heavy atom. The minimum atomic E-state index is -0.389. The summed E-state index contributed by atoms with van der Waals surface area (Å²) in [5.74, 6) is 1.09. The van der Waals surface area contributed by atoms with Crippen molar-refractivity contribution in [1.29, 1.82) is 5.26 Å². The Morgan fingerprint density at radius 3 is 3.00 bits per heavy atom. The molecular weight excluding hydrogens is 210 g/mol. The number of nitrogens with zero attached hydrogens (tertiary/aromatic N) is 1. The van der Waals surface area contributed by atoms with Crippen LogP contribution in [0.15, 0.2) is 40.3 Å². The molecule has 1 aromatic heterocycles. The van der Waals surface area contributed by atoms with Crippen LogP contribution in [0.2, 0.25) is 0 Å². The predicted octanol–water partition coefficient (Wildman–Crippen LogP) is 1.22. The first-order valence-corrected chi connectivity index (χ1v) is 4.84. The maximum absolute atomic E-state index is 9.01. The summed E-state index contributed by atoms with van der Waals surface area (Å²) in [6.45, 7) is 0. The number of furan rings is 1. The first-order chi connectivity index (χ1) is 7.22. The summed E-state index contributed by atoms with van der Waals surface area (Å²) in [7, 11) is 0. The second-order valence-corrected chi connectivity index (χ2v) is 3.58. The van der Waals surface area contributed by atoms with Gasteiger partial charge in [-0.2, -0.15) is 5.26 Å². The Bertz CT molecular complexity index is 467. The molecule has 0 aromatic carbocycles. The molecule has 0 aliphatic carbocycles. The molecule has 1 aliphatic rings. The van der Waals surface area contributed by atoms with E-state index in [1.807, 2.05) is 0 Å². The van der Waals surface area contributed by atoms with Crippen LogP contribution < -0.4 is 11.1 Å². The average Bonchev–Trinajstić information content (AvgIpc) is 2.69. The van der Waals surface area contributed by atoms with Gasteiger partial charge in [-0.25, -0.2) is 0 Å². The van der Waals surface area contributed by atoms with Gasteiger partial charge in [0.05, 0.1) is 23.7 Å². The van der Waals surface area contributed by atoms with E-state index in [-0.39, 0.29) is 5.37 Å². The van der Waals surface area contributed by atoms with Crippen LogP contribution in [0.5, 0.6) is 0 Å². The maximum Gasteiger partial charge on any atom is 0.135 e. The number of hydrogen-bond acceptors (Lipinski definition) is 5. The number of hydrogen-bond donors (Lipinski definition) is 3. The molecule has 0 bridgehead atoms. The molecule has 0 radical (unpaired) electrons. The zero-order valence-electron chi connectivity index (χ0n) is 7.77. The molecule has 4 nitrogen and oxygen atoms in total. The van der Waals surface area contributed by atoms with Crippen LogP contribution in [0.25, 0.3) is 5.57 Å². The Kier molecular flexibility index (Phi) is 2.44. The summed E-state index contributed by atoms with van der Waals surface area (Å²) in [6.07, 6.45) is 3.22. The van der Waals surface area contributed by atoms with Gasteiger partial charge in [0, 0.05) is 5.57 Å². The van der Waals surface area contributed by atoms with Crippen molar-refractivity contribution < 1.29 is 4.42 Å². The lowest BCUT2D eigenvalue weighted by molar-refractivity contribution is 0.552. The number of allylic oxidation sites excluding steroid dienone is 2. The molecule has 0 saturated carbocycles. The first-order valence-electron chi connectivity index (χ1n) is 4.32. The number of rotatable bonds is 1. The van der Waals surface area contributed by atoms with Gasteiger partial charge in [0.2, 0.25) is 0 Å². The molecule has 2 rings (SSSR count). The molecule has 0 saturated heterocycles. The van der Waals surface area contributed by atoms with E-state index in [0.29, 0.717) is 22.7 Å². The van der Waals surface area contributed by atoms with Crippen LogP contribution in [0.3, 0.4) is 0 Å². The van der Waals surface area contributed by atoms with Crippen molar-refractivity contribution in [2.45, 2.75) is 5.37 Å². The van der Waals surface area contributed by atoms with E-state index < -0.39 is 0 Å². The minimum Gasteiger partial charge on any atom is -0.464 e. The van der Waals surface area contributed by atoms with E-state index in [1.54, 1.807) is 24.5 Å². The Balaban J connectivity index is 2.55. The number of nitrogens with one attached hydrogen (secondary N) is 1. The van der Waals surface area contributed by atoms with Gasteiger partial charge in [0.25, 0.3) is 0 Å². The second-order valence-electron chi connectivity index (χ2n) is 3.06. The molecule has 76 valence electrons. The summed E-state index contributed by atoms with van der Waals surface area (Å²) in [5, 5.41) is 11.5. The highest BCUT2D eigenvalue weighted by Crippen LogP contribution is 2.27. The van der Waals surface area contributed by atoms with Crippen molar-refractivity contribution in [1.82, 2.24) is 5.32 Å². The Morgan fingerprint density at radius 2 is 2.40 bits per heavy atom. The molecule has 1 atom stereocenters. The molecule has 15 heavy (non-hydrogen) atoms. The van der Waals surface area contributed by atoms with Crippen molar-refractivity contribution in [3.63, 3.8) is 0 Å². The lowest BCUT2D eigenvalue weighted by Crippen LogP contribution is -2.32. The topological polar surface area (TPSA) is 75.0 Å². The molecule has 0 spiro atoms. The summed E-state index contributed by atoms with van der Waals surface area (Å²) in [6, 6.07) is 5.63. The zero-order chi connectivity index (χ0) is 10.8. The van der Waals surface area contributed by atoms with Crippen molar-refractivity contribution in [3.05, 3.63) is 41.6 Å². The van der Waals surface area contributed by atoms with Gasteiger partial charge in [-0.3, -0.25) is 0 Å². The summed E-state index contributed by atoms with van der Waals surface area (Å²) in [5.41, 5.74) is 6.84. The zero-order valence-corrected chi connectivity index (χ0v) is 8.66. The highest BCUT2D eigenvalue weighted by atomic mass is 32.1. The normalized spacial score (nSPS) is 20.5. The minimum absolute atomic E-state index is 0.389. The third-order valence-corrected chi connectivity index (χ3v) is 2.46. The molecule has 0 fully saturated rings. The lowest BCUT2D eigenvalue weighted by atomic mass is 10.0. The third kappa shape index (κ3) is 1.72. The van der Waals surface area contributed by atoms with Gasteiger partial charge < -0.3 is 15.5 Å². The number of thiol groups is 1. The summed E-state index contributed by atoms with van der Waals surface area (Å²) >= 11 is 4.23. The summed E-state index contributed by atoms with van der Waals surface area (Å²) in [4.78, 5) is 0. The van der Waals surface area contributed by atoms with Gasteiger partial charge in [-0.1, -0.05) is 0 Å². The number of nitrogens with two attached hydrogens (primary N) is 1. The van der Waals surface area contributed by atoms with Gasteiger partial charge >= 0.3 is 0 Å². The molecule has 5 heteroatoms. The van der Waals surface area contributed by atoms with E-state index in [9.17, 15) is 0 Å². The maximum atomic E-state index is 9.01. The van der Waals surface area contributed by atoms with Gasteiger partial charge in [-0.05, 0) is 18.2 Å². The molecular formula is C10H9N3OS. The molecule has 0 amide bonds. The van der Waals surface area contributed by atoms with Crippen LogP contribution in [-0.2, 0) is 0 Å². The molecule has 1 aliphatic heterocycles. The highest BCUT2D eigenvalue weighted by molar-refractivity contribution is 7.81. The van der Waals surface area contributed by atoms with Crippen molar-refractivity contribution in [2.75, 3.05) is 0 Å². The van der Waals surface area contributed by atoms with Crippen LogP contribution in [0, 0.1) is 11.3 Å². The quantitative estimate of drug-likeness (QED) is 0.621. The first kappa shape index (κ1) is 9.74. The summed E-state index contributed by atoms with van der Waals surface area (Å²) < 4.78 is 5.23. The molecule has 2 heterocycles. The van der Waals surface area contributed by atoms with Crippen LogP contribution in [0.4, 0.5) is 0 Å². The SMILES string of the molecule is N#CC1=C(c2ccco2)C=C(N)NC1S. The lowest BCUT2D eigenvalue weighted by Gasteiger charge is -2.20. The standard InChI is InChI=1S/C10H9N3OS/c11-5-7-6(8-2-1-3-14-8)4-9(12)13-10(7)15/h1-4,10,13,15H,12H2. The molecule has 1 aromatic rings. The van der Waals surface area contributed by atoms with Crippen molar-refractivity contribution >= 4 is 18.2 Å². The van der Waals surface area contributed by atoms with Gasteiger partial charge in [0.1, 0.15) is 11.1 Å². The van der Waals surface area contributed by atoms with E-state index in [0.717, 1.165) is 0 Å². The van der Waals surface area contributed by atoms with Crippen LogP contribution in [-0.4, -0.2) is 5.37 Å².